The summed E-state index contributed by atoms with van der Waals surface area (Å²) in [7, 11) is 1.94. The van der Waals surface area contributed by atoms with Crippen molar-refractivity contribution < 1.29 is 0 Å². The third-order valence-corrected chi connectivity index (χ3v) is 2.92. The minimum atomic E-state index is 0. The maximum Gasteiger partial charge on any atom is 0.194 e. The van der Waals surface area contributed by atoms with Gasteiger partial charge in [0.2, 0.25) is 0 Å². The molecule has 0 atom stereocenters. The molecule has 1 aliphatic rings. The number of aliphatic imine (C=N–C) groups is 1. The Hall–Kier alpha value is -0.860. The van der Waals surface area contributed by atoms with E-state index in [-0.39, 0.29) is 24.0 Å². The number of nitrogens with one attached hydrogen (secondary N) is 1. The molecule has 0 saturated carbocycles. The lowest BCUT2D eigenvalue weighted by Gasteiger charge is -2.20. The molecule has 6 nitrogen and oxygen atoms in total. The van der Waals surface area contributed by atoms with Crippen molar-refractivity contribution in [2.75, 3.05) is 19.6 Å². The second-order valence-electron chi connectivity index (χ2n) is 4.22. The molecule has 2 heterocycles. The minimum Gasteiger partial charge on any atom is -0.357 e. The number of hydrogen-bond donors (Lipinski definition) is 1. The number of rotatable bonds is 3. The maximum absolute atomic E-state index is 4.61. The molecule has 1 N–H and O–H groups in total. The van der Waals surface area contributed by atoms with Crippen LogP contribution in [0.3, 0.4) is 0 Å². The molecule has 102 valence electrons. The second kappa shape index (κ2) is 7.55. The van der Waals surface area contributed by atoms with Crippen LogP contribution in [-0.2, 0) is 13.6 Å². The van der Waals surface area contributed by atoms with Gasteiger partial charge in [0.1, 0.15) is 12.9 Å². The molecule has 0 radical (unpaired) electrons. The fraction of sp³-hybridized carbons (Fsp3) is 0.727. The highest BCUT2D eigenvalue weighted by molar-refractivity contribution is 14.0. The lowest BCUT2D eigenvalue weighted by atomic mass is 10.4. The molecule has 0 unspecified atom stereocenters. The zero-order valence-electron chi connectivity index (χ0n) is 11.0. The summed E-state index contributed by atoms with van der Waals surface area (Å²) >= 11 is 0. The Balaban J connectivity index is 0.00000162. The fourth-order valence-corrected chi connectivity index (χ4v) is 1.95. The number of guanidine groups is 1. The van der Waals surface area contributed by atoms with Gasteiger partial charge in [0.25, 0.3) is 0 Å². The van der Waals surface area contributed by atoms with Gasteiger partial charge in [0, 0.05) is 26.7 Å². The molecule has 1 saturated heterocycles. The summed E-state index contributed by atoms with van der Waals surface area (Å²) in [5.74, 6) is 1.88. The largest absolute Gasteiger partial charge is 0.357 e. The summed E-state index contributed by atoms with van der Waals surface area (Å²) in [6.07, 6.45) is 4.22. The molecule has 1 aromatic rings. The summed E-state index contributed by atoms with van der Waals surface area (Å²) in [6, 6.07) is 0. The molecule has 1 aliphatic heterocycles. The van der Waals surface area contributed by atoms with Crippen molar-refractivity contribution in [3.63, 3.8) is 0 Å². The quantitative estimate of drug-likeness (QED) is 0.494. The van der Waals surface area contributed by atoms with Crippen molar-refractivity contribution in [3.05, 3.63) is 12.2 Å². The molecule has 0 bridgehead atoms. The summed E-state index contributed by atoms with van der Waals surface area (Å²) in [4.78, 5) is 6.91. The van der Waals surface area contributed by atoms with Gasteiger partial charge in [-0.2, -0.15) is 0 Å². The number of halogens is 1. The topological polar surface area (TPSA) is 58.3 Å². The van der Waals surface area contributed by atoms with Crippen molar-refractivity contribution in [1.82, 2.24) is 25.0 Å². The molecule has 18 heavy (non-hydrogen) atoms. The zero-order valence-corrected chi connectivity index (χ0v) is 13.3. The normalized spacial score (nSPS) is 15.7. The van der Waals surface area contributed by atoms with Crippen molar-refractivity contribution in [1.29, 1.82) is 0 Å². The fourth-order valence-electron chi connectivity index (χ4n) is 1.95. The van der Waals surface area contributed by atoms with Crippen LogP contribution >= 0.6 is 24.0 Å². The molecule has 1 fully saturated rings. The van der Waals surface area contributed by atoms with E-state index in [0.29, 0.717) is 6.54 Å². The lowest BCUT2D eigenvalue weighted by molar-refractivity contribution is 0.493. The van der Waals surface area contributed by atoms with Crippen LogP contribution in [-0.4, -0.2) is 45.3 Å². The summed E-state index contributed by atoms with van der Waals surface area (Å²) in [5.41, 5.74) is 0. The Morgan fingerprint density at radius 2 is 2.17 bits per heavy atom. The van der Waals surface area contributed by atoms with Crippen LogP contribution in [0.25, 0.3) is 0 Å². The molecular weight excluding hydrogens is 343 g/mol. The third-order valence-electron chi connectivity index (χ3n) is 2.92. The van der Waals surface area contributed by atoms with E-state index >= 15 is 0 Å². The van der Waals surface area contributed by atoms with Crippen LogP contribution in [0.5, 0.6) is 0 Å². The molecule has 7 heteroatoms. The van der Waals surface area contributed by atoms with E-state index in [1.807, 2.05) is 11.6 Å². The third kappa shape index (κ3) is 3.82. The van der Waals surface area contributed by atoms with Gasteiger partial charge in [-0.15, -0.1) is 34.2 Å². The minimum absolute atomic E-state index is 0. The molecule has 0 spiro atoms. The van der Waals surface area contributed by atoms with E-state index < -0.39 is 0 Å². The number of hydrogen-bond acceptors (Lipinski definition) is 3. The molecule has 0 aliphatic carbocycles. The van der Waals surface area contributed by atoms with Gasteiger partial charge in [-0.1, -0.05) is 0 Å². The van der Waals surface area contributed by atoms with Gasteiger partial charge in [-0.05, 0) is 19.8 Å². The first kappa shape index (κ1) is 15.2. The Morgan fingerprint density at radius 3 is 2.72 bits per heavy atom. The van der Waals surface area contributed by atoms with Crippen molar-refractivity contribution in [2.24, 2.45) is 12.0 Å². The van der Waals surface area contributed by atoms with Gasteiger partial charge >= 0.3 is 0 Å². The van der Waals surface area contributed by atoms with E-state index in [1.165, 1.54) is 12.8 Å². The van der Waals surface area contributed by atoms with E-state index in [9.17, 15) is 0 Å². The Morgan fingerprint density at radius 1 is 1.44 bits per heavy atom. The van der Waals surface area contributed by atoms with Crippen LogP contribution in [0, 0.1) is 0 Å². The van der Waals surface area contributed by atoms with E-state index in [0.717, 1.165) is 31.4 Å². The number of aromatic nitrogens is 3. The van der Waals surface area contributed by atoms with Gasteiger partial charge in [0.05, 0.1) is 0 Å². The summed E-state index contributed by atoms with van der Waals surface area (Å²) in [6.45, 7) is 5.77. The monoisotopic (exact) mass is 364 g/mol. The van der Waals surface area contributed by atoms with Gasteiger partial charge < -0.3 is 14.8 Å². The van der Waals surface area contributed by atoms with Crippen molar-refractivity contribution >= 4 is 29.9 Å². The van der Waals surface area contributed by atoms with Crippen molar-refractivity contribution in [3.8, 4) is 0 Å². The predicted octanol–water partition coefficient (Wildman–Crippen LogP) is 0.994. The number of aryl methyl sites for hydroxylation is 1. The maximum atomic E-state index is 4.61. The van der Waals surface area contributed by atoms with E-state index in [2.05, 4.69) is 32.3 Å². The smallest absolute Gasteiger partial charge is 0.194 e. The highest BCUT2D eigenvalue weighted by atomic mass is 127. The van der Waals surface area contributed by atoms with E-state index in [1.54, 1.807) is 6.33 Å². The SMILES string of the molecule is CCNC(=NCc1nncn1C)N1CCCC1.I. The Bertz CT molecular complexity index is 383. The molecule has 2 rings (SSSR count). The zero-order chi connectivity index (χ0) is 12.1. The molecular formula is C11H21IN6. The molecule has 0 amide bonds. The van der Waals surface area contributed by atoms with Gasteiger partial charge in [0.15, 0.2) is 11.8 Å². The first-order valence-electron chi connectivity index (χ1n) is 6.17. The van der Waals surface area contributed by atoms with Crippen LogP contribution in [0.1, 0.15) is 25.6 Å². The summed E-state index contributed by atoms with van der Waals surface area (Å²) in [5, 5.41) is 11.2. The van der Waals surface area contributed by atoms with Crippen LogP contribution in [0.2, 0.25) is 0 Å². The molecule has 1 aromatic heterocycles. The average molecular weight is 364 g/mol. The first-order valence-corrected chi connectivity index (χ1v) is 6.17. The Kier molecular flexibility index (Phi) is 6.37. The first-order chi connectivity index (χ1) is 8.31. The standard InChI is InChI=1S/C11H20N6.HI/c1-3-12-11(17-6-4-5-7-17)13-8-10-15-14-9-16(10)2;/h9H,3-8H2,1-2H3,(H,12,13);1H. The van der Waals surface area contributed by atoms with Crippen LogP contribution in [0.4, 0.5) is 0 Å². The predicted molar refractivity (Wildman–Crippen MR) is 82.0 cm³/mol. The van der Waals surface area contributed by atoms with Crippen LogP contribution in [0.15, 0.2) is 11.3 Å². The van der Waals surface area contributed by atoms with Gasteiger partial charge in [-0.25, -0.2) is 4.99 Å². The second-order valence-corrected chi connectivity index (χ2v) is 4.22. The van der Waals surface area contributed by atoms with Crippen LogP contribution < -0.4 is 5.32 Å². The lowest BCUT2D eigenvalue weighted by Crippen LogP contribution is -2.39. The summed E-state index contributed by atoms with van der Waals surface area (Å²) < 4.78 is 1.90. The van der Waals surface area contributed by atoms with Crippen molar-refractivity contribution in [2.45, 2.75) is 26.3 Å². The number of nitrogens with zero attached hydrogens (tertiary/aromatic N) is 5. The molecule has 0 aromatic carbocycles. The highest BCUT2D eigenvalue weighted by Gasteiger charge is 2.15. The highest BCUT2D eigenvalue weighted by Crippen LogP contribution is 2.08. The van der Waals surface area contributed by atoms with E-state index in [4.69, 9.17) is 0 Å². The Labute approximate surface area is 125 Å². The van der Waals surface area contributed by atoms with Gasteiger partial charge in [-0.3, -0.25) is 0 Å². The average Bonchev–Trinajstić information content (AvgIpc) is 2.96. The number of likely N-dealkylation sites (tertiary alicyclic amines) is 1.